The number of piperidine rings is 1. The molecular formula is C10H22N2. The van der Waals surface area contributed by atoms with Crippen LogP contribution in [-0.4, -0.2) is 31.1 Å². The van der Waals surface area contributed by atoms with Crippen molar-refractivity contribution in [3.05, 3.63) is 0 Å². The van der Waals surface area contributed by atoms with Crippen molar-refractivity contribution in [2.24, 2.45) is 11.7 Å². The Hall–Kier alpha value is -0.0800. The van der Waals surface area contributed by atoms with Crippen LogP contribution in [0.15, 0.2) is 0 Å². The smallest absolute Gasteiger partial charge is 0.000703 e. The Balaban J connectivity index is 2.06. The largest absolute Gasteiger partial charge is 0.330 e. The Morgan fingerprint density at radius 3 is 2.92 bits per heavy atom. The topological polar surface area (TPSA) is 29.3 Å². The van der Waals surface area contributed by atoms with Crippen LogP contribution in [0.5, 0.6) is 0 Å². The van der Waals surface area contributed by atoms with Gasteiger partial charge in [0.1, 0.15) is 0 Å². The molecule has 0 aromatic carbocycles. The molecule has 0 aliphatic carbocycles. The van der Waals surface area contributed by atoms with Gasteiger partial charge in [-0.05, 0) is 51.2 Å². The van der Waals surface area contributed by atoms with Crippen molar-refractivity contribution >= 4 is 0 Å². The minimum Gasteiger partial charge on any atom is -0.330 e. The molecule has 2 nitrogen and oxygen atoms in total. The van der Waals surface area contributed by atoms with Crippen LogP contribution >= 0.6 is 0 Å². The number of hydrogen-bond acceptors (Lipinski definition) is 2. The molecule has 1 rings (SSSR count). The van der Waals surface area contributed by atoms with Gasteiger partial charge in [-0.1, -0.05) is 6.92 Å². The molecule has 0 radical (unpaired) electrons. The number of nitrogens with two attached hydrogens (primary N) is 1. The fourth-order valence-corrected chi connectivity index (χ4v) is 1.97. The van der Waals surface area contributed by atoms with Gasteiger partial charge < -0.3 is 10.6 Å². The SMILES string of the molecule is C[C@H]1CCCN(CCCCN)C1. The van der Waals surface area contributed by atoms with E-state index in [1.54, 1.807) is 0 Å². The molecule has 0 aromatic heterocycles. The summed E-state index contributed by atoms with van der Waals surface area (Å²) in [5.41, 5.74) is 5.45. The first kappa shape index (κ1) is 10.0. The third-order valence-electron chi connectivity index (χ3n) is 2.67. The fraction of sp³-hybridized carbons (Fsp3) is 1.00. The minimum atomic E-state index is 0.851. The van der Waals surface area contributed by atoms with Gasteiger partial charge in [-0.25, -0.2) is 0 Å². The number of hydrogen-bond donors (Lipinski definition) is 1. The fourth-order valence-electron chi connectivity index (χ4n) is 1.97. The third-order valence-corrected chi connectivity index (χ3v) is 2.67. The highest BCUT2D eigenvalue weighted by atomic mass is 15.1. The summed E-state index contributed by atoms with van der Waals surface area (Å²) in [7, 11) is 0. The number of unbranched alkanes of at least 4 members (excludes halogenated alkanes) is 1. The zero-order chi connectivity index (χ0) is 8.81. The van der Waals surface area contributed by atoms with Crippen LogP contribution in [-0.2, 0) is 0 Å². The molecule has 0 spiro atoms. The second-order valence-electron chi connectivity index (χ2n) is 4.04. The van der Waals surface area contributed by atoms with E-state index in [1.807, 2.05) is 0 Å². The van der Waals surface area contributed by atoms with E-state index in [4.69, 9.17) is 5.73 Å². The molecule has 0 amide bonds. The lowest BCUT2D eigenvalue weighted by molar-refractivity contribution is 0.181. The summed E-state index contributed by atoms with van der Waals surface area (Å²) in [6.45, 7) is 7.10. The van der Waals surface area contributed by atoms with Gasteiger partial charge >= 0.3 is 0 Å². The van der Waals surface area contributed by atoms with E-state index >= 15 is 0 Å². The summed E-state index contributed by atoms with van der Waals surface area (Å²) in [6, 6.07) is 0. The van der Waals surface area contributed by atoms with Gasteiger partial charge in [-0.3, -0.25) is 0 Å². The molecule has 1 fully saturated rings. The highest BCUT2D eigenvalue weighted by Gasteiger charge is 2.14. The molecule has 1 aliphatic rings. The lowest BCUT2D eigenvalue weighted by Crippen LogP contribution is -2.35. The van der Waals surface area contributed by atoms with Crippen LogP contribution in [0.1, 0.15) is 32.6 Å². The van der Waals surface area contributed by atoms with Crippen LogP contribution in [0.4, 0.5) is 0 Å². The van der Waals surface area contributed by atoms with E-state index in [9.17, 15) is 0 Å². The molecule has 2 heteroatoms. The van der Waals surface area contributed by atoms with Crippen molar-refractivity contribution in [1.29, 1.82) is 0 Å². The minimum absolute atomic E-state index is 0.851. The van der Waals surface area contributed by atoms with Crippen LogP contribution in [0, 0.1) is 5.92 Å². The van der Waals surface area contributed by atoms with E-state index in [1.165, 1.54) is 45.3 Å². The predicted molar refractivity (Wildman–Crippen MR) is 53.1 cm³/mol. The summed E-state index contributed by atoms with van der Waals surface area (Å²) in [6.07, 6.45) is 5.28. The summed E-state index contributed by atoms with van der Waals surface area (Å²) >= 11 is 0. The van der Waals surface area contributed by atoms with Crippen molar-refractivity contribution in [2.75, 3.05) is 26.2 Å². The van der Waals surface area contributed by atoms with E-state index in [2.05, 4.69) is 11.8 Å². The Kier molecular flexibility index (Phi) is 4.62. The molecule has 1 saturated heterocycles. The standard InChI is InChI=1S/C10H22N2/c1-10-5-4-8-12(9-10)7-3-2-6-11/h10H,2-9,11H2,1H3/t10-/m0/s1. The van der Waals surface area contributed by atoms with E-state index in [0.717, 1.165) is 12.5 Å². The average molecular weight is 170 g/mol. The normalized spacial score (nSPS) is 26.0. The van der Waals surface area contributed by atoms with Crippen molar-refractivity contribution in [3.8, 4) is 0 Å². The van der Waals surface area contributed by atoms with Crippen LogP contribution < -0.4 is 5.73 Å². The van der Waals surface area contributed by atoms with Crippen molar-refractivity contribution in [1.82, 2.24) is 4.90 Å². The first-order chi connectivity index (χ1) is 5.83. The Morgan fingerprint density at radius 1 is 1.42 bits per heavy atom. The molecule has 2 N–H and O–H groups in total. The van der Waals surface area contributed by atoms with Gasteiger partial charge in [-0.2, -0.15) is 0 Å². The Morgan fingerprint density at radius 2 is 2.25 bits per heavy atom. The highest BCUT2D eigenvalue weighted by Crippen LogP contribution is 2.15. The van der Waals surface area contributed by atoms with Crippen LogP contribution in [0.2, 0.25) is 0 Å². The molecular weight excluding hydrogens is 148 g/mol. The van der Waals surface area contributed by atoms with Crippen molar-refractivity contribution in [2.45, 2.75) is 32.6 Å². The van der Waals surface area contributed by atoms with E-state index in [0.29, 0.717) is 0 Å². The summed E-state index contributed by atoms with van der Waals surface area (Å²) < 4.78 is 0. The van der Waals surface area contributed by atoms with Crippen LogP contribution in [0.25, 0.3) is 0 Å². The van der Waals surface area contributed by atoms with Gasteiger partial charge in [0, 0.05) is 6.54 Å². The maximum atomic E-state index is 5.45. The van der Waals surface area contributed by atoms with Crippen molar-refractivity contribution < 1.29 is 0 Å². The zero-order valence-corrected chi connectivity index (χ0v) is 8.26. The van der Waals surface area contributed by atoms with Gasteiger partial charge in [0.05, 0.1) is 0 Å². The highest BCUT2D eigenvalue weighted by molar-refractivity contribution is 4.69. The predicted octanol–water partition coefficient (Wildman–Crippen LogP) is 1.46. The van der Waals surface area contributed by atoms with E-state index in [-0.39, 0.29) is 0 Å². The van der Waals surface area contributed by atoms with Gasteiger partial charge in [-0.15, -0.1) is 0 Å². The summed E-state index contributed by atoms with van der Waals surface area (Å²) in [4.78, 5) is 2.59. The first-order valence-electron chi connectivity index (χ1n) is 5.25. The number of likely N-dealkylation sites (tertiary alicyclic amines) is 1. The maximum Gasteiger partial charge on any atom is 0.000703 e. The Labute approximate surface area is 76.1 Å². The molecule has 0 aromatic rings. The van der Waals surface area contributed by atoms with Crippen LogP contribution in [0.3, 0.4) is 0 Å². The zero-order valence-electron chi connectivity index (χ0n) is 8.26. The molecule has 1 heterocycles. The first-order valence-corrected chi connectivity index (χ1v) is 5.25. The number of rotatable bonds is 4. The quantitative estimate of drug-likeness (QED) is 0.647. The molecule has 1 atom stereocenters. The number of nitrogens with zero attached hydrogens (tertiary/aromatic N) is 1. The van der Waals surface area contributed by atoms with Gasteiger partial charge in [0.15, 0.2) is 0 Å². The van der Waals surface area contributed by atoms with Crippen molar-refractivity contribution in [3.63, 3.8) is 0 Å². The molecule has 1 aliphatic heterocycles. The summed E-state index contributed by atoms with van der Waals surface area (Å²) in [5, 5.41) is 0. The second kappa shape index (κ2) is 5.55. The third kappa shape index (κ3) is 3.55. The summed E-state index contributed by atoms with van der Waals surface area (Å²) in [5.74, 6) is 0.914. The lowest BCUT2D eigenvalue weighted by Gasteiger charge is -2.30. The second-order valence-corrected chi connectivity index (χ2v) is 4.04. The van der Waals surface area contributed by atoms with Gasteiger partial charge in [0.25, 0.3) is 0 Å². The lowest BCUT2D eigenvalue weighted by atomic mass is 10.0. The van der Waals surface area contributed by atoms with E-state index < -0.39 is 0 Å². The molecule has 0 unspecified atom stereocenters. The molecule has 12 heavy (non-hydrogen) atoms. The molecule has 0 bridgehead atoms. The molecule has 0 saturated carbocycles. The van der Waals surface area contributed by atoms with Gasteiger partial charge in [0.2, 0.25) is 0 Å². The Bertz CT molecular complexity index is 114. The monoisotopic (exact) mass is 170 g/mol. The maximum absolute atomic E-state index is 5.45. The molecule has 72 valence electrons. The average Bonchev–Trinajstić information content (AvgIpc) is 2.05.